The van der Waals surface area contributed by atoms with Crippen LogP contribution in [-0.4, -0.2) is 13.1 Å². The Morgan fingerprint density at radius 3 is 2.80 bits per heavy atom. The lowest BCUT2D eigenvalue weighted by molar-refractivity contribution is -0.139. The van der Waals surface area contributed by atoms with Crippen molar-refractivity contribution in [2.75, 3.05) is 7.11 Å². The van der Waals surface area contributed by atoms with Crippen molar-refractivity contribution in [1.29, 1.82) is 5.26 Å². The number of nitriles is 1. The van der Waals surface area contributed by atoms with Gasteiger partial charge in [0.25, 0.3) is 0 Å². The molecule has 0 aliphatic heterocycles. The fraction of sp³-hybridized carbons (Fsp3) is 0.273. The minimum atomic E-state index is -0.292. The van der Waals surface area contributed by atoms with Gasteiger partial charge in [-0.1, -0.05) is 6.07 Å². The lowest BCUT2D eigenvalue weighted by Gasteiger charge is -2.05. The molecule has 0 aliphatic rings. The summed E-state index contributed by atoms with van der Waals surface area (Å²) >= 11 is 2.13. The van der Waals surface area contributed by atoms with Crippen LogP contribution in [0, 0.1) is 21.8 Å². The number of rotatable bonds is 2. The minimum Gasteiger partial charge on any atom is -0.469 e. The maximum atomic E-state index is 11.1. The number of esters is 1. The van der Waals surface area contributed by atoms with Crippen molar-refractivity contribution >= 4 is 28.6 Å². The Hall–Kier alpha value is -1.09. The molecule has 1 rings (SSSR count). The summed E-state index contributed by atoms with van der Waals surface area (Å²) in [5.74, 6) is -0.292. The molecule has 4 heteroatoms. The van der Waals surface area contributed by atoms with E-state index in [0.717, 1.165) is 14.7 Å². The second kappa shape index (κ2) is 5.12. The number of hydrogen-bond acceptors (Lipinski definition) is 3. The highest BCUT2D eigenvalue weighted by Gasteiger charge is 2.08. The van der Waals surface area contributed by atoms with E-state index in [1.807, 2.05) is 13.0 Å². The van der Waals surface area contributed by atoms with Gasteiger partial charge >= 0.3 is 5.97 Å². The Morgan fingerprint density at radius 1 is 1.60 bits per heavy atom. The number of benzene rings is 1. The van der Waals surface area contributed by atoms with Gasteiger partial charge < -0.3 is 4.74 Å². The molecule has 0 atom stereocenters. The van der Waals surface area contributed by atoms with Gasteiger partial charge in [0.2, 0.25) is 0 Å². The van der Waals surface area contributed by atoms with Crippen LogP contribution in [0.4, 0.5) is 0 Å². The van der Waals surface area contributed by atoms with Crippen LogP contribution in [0.5, 0.6) is 0 Å². The van der Waals surface area contributed by atoms with Gasteiger partial charge in [-0.25, -0.2) is 0 Å². The molecule has 0 N–H and O–H groups in total. The quantitative estimate of drug-likeness (QED) is 0.621. The minimum absolute atomic E-state index is 0.211. The lowest BCUT2D eigenvalue weighted by atomic mass is 10.1. The van der Waals surface area contributed by atoms with E-state index in [2.05, 4.69) is 33.4 Å². The second-order valence-electron chi connectivity index (χ2n) is 3.14. The van der Waals surface area contributed by atoms with Crippen molar-refractivity contribution in [3.8, 4) is 6.07 Å². The zero-order valence-electron chi connectivity index (χ0n) is 8.50. The molecular weight excluding hydrogens is 305 g/mol. The maximum absolute atomic E-state index is 11.1. The molecule has 78 valence electrons. The van der Waals surface area contributed by atoms with E-state index in [0.29, 0.717) is 5.56 Å². The number of methoxy groups -OCH3 is 1. The number of nitrogens with zero attached hydrogens (tertiary/aromatic N) is 1. The van der Waals surface area contributed by atoms with Crippen LogP contribution in [0.25, 0.3) is 0 Å². The van der Waals surface area contributed by atoms with Gasteiger partial charge in [0.1, 0.15) is 6.07 Å². The van der Waals surface area contributed by atoms with Gasteiger partial charge in [0.05, 0.1) is 19.1 Å². The number of halogens is 1. The molecule has 0 saturated carbocycles. The lowest BCUT2D eigenvalue weighted by Crippen LogP contribution is -2.05. The van der Waals surface area contributed by atoms with Crippen molar-refractivity contribution in [3.63, 3.8) is 0 Å². The van der Waals surface area contributed by atoms with Crippen LogP contribution < -0.4 is 0 Å². The van der Waals surface area contributed by atoms with Gasteiger partial charge in [-0.05, 0) is 46.7 Å². The molecule has 0 aliphatic carbocycles. The van der Waals surface area contributed by atoms with Crippen molar-refractivity contribution < 1.29 is 9.53 Å². The van der Waals surface area contributed by atoms with Crippen molar-refractivity contribution in [2.24, 2.45) is 0 Å². The smallest absolute Gasteiger partial charge is 0.309 e. The largest absolute Gasteiger partial charge is 0.469 e. The number of carbonyl (C=O) groups is 1. The molecule has 0 spiro atoms. The van der Waals surface area contributed by atoms with E-state index in [9.17, 15) is 4.79 Å². The van der Waals surface area contributed by atoms with Gasteiger partial charge in [0.15, 0.2) is 0 Å². The first-order valence-corrected chi connectivity index (χ1v) is 5.42. The first kappa shape index (κ1) is 12.0. The van der Waals surface area contributed by atoms with Crippen LogP contribution in [-0.2, 0) is 16.0 Å². The summed E-state index contributed by atoms with van der Waals surface area (Å²) in [6, 6.07) is 5.74. The third-order valence-electron chi connectivity index (χ3n) is 2.01. The van der Waals surface area contributed by atoms with Crippen LogP contribution in [0.1, 0.15) is 16.7 Å². The van der Waals surface area contributed by atoms with E-state index >= 15 is 0 Å². The molecule has 1 aromatic rings. The molecular formula is C11H10INO2. The molecule has 0 saturated heterocycles. The number of aryl methyl sites for hydroxylation is 1. The standard InChI is InChI=1S/C11H10INO2/c1-7-3-8(5-10(14)15-2)4-9(6-13)11(7)12/h3-4H,5H2,1-2H3. The highest BCUT2D eigenvalue weighted by atomic mass is 127. The fourth-order valence-electron chi connectivity index (χ4n) is 1.27. The molecule has 0 amide bonds. The van der Waals surface area contributed by atoms with Gasteiger partial charge in [0, 0.05) is 3.57 Å². The number of hydrogen-bond donors (Lipinski definition) is 0. The average molecular weight is 315 g/mol. The summed E-state index contributed by atoms with van der Waals surface area (Å²) in [6.45, 7) is 1.92. The third-order valence-corrected chi connectivity index (χ3v) is 3.44. The highest BCUT2D eigenvalue weighted by Crippen LogP contribution is 2.19. The van der Waals surface area contributed by atoms with Crippen LogP contribution in [0.3, 0.4) is 0 Å². The van der Waals surface area contributed by atoms with Gasteiger partial charge in [-0.3, -0.25) is 4.79 Å². The Morgan fingerprint density at radius 2 is 2.27 bits per heavy atom. The fourth-order valence-corrected chi connectivity index (χ4v) is 1.70. The number of ether oxygens (including phenoxy) is 1. The SMILES string of the molecule is COC(=O)Cc1cc(C)c(I)c(C#N)c1. The summed E-state index contributed by atoms with van der Waals surface area (Å²) in [6.07, 6.45) is 0.211. The van der Waals surface area contributed by atoms with Crippen LogP contribution >= 0.6 is 22.6 Å². The predicted molar refractivity (Wildman–Crippen MR) is 64.3 cm³/mol. The Bertz CT molecular complexity index is 435. The maximum Gasteiger partial charge on any atom is 0.309 e. The monoisotopic (exact) mass is 315 g/mol. The molecule has 1 aromatic carbocycles. The van der Waals surface area contributed by atoms with Crippen molar-refractivity contribution in [1.82, 2.24) is 0 Å². The highest BCUT2D eigenvalue weighted by molar-refractivity contribution is 14.1. The predicted octanol–water partition coefficient (Wildman–Crippen LogP) is 2.19. The second-order valence-corrected chi connectivity index (χ2v) is 4.22. The Labute approximate surface area is 102 Å². The summed E-state index contributed by atoms with van der Waals surface area (Å²) in [4.78, 5) is 11.1. The van der Waals surface area contributed by atoms with Crippen molar-refractivity contribution in [3.05, 3.63) is 32.4 Å². The van der Waals surface area contributed by atoms with E-state index in [1.54, 1.807) is 6.07 Å². The Kier molecular flexibility index (Phi) is 4.09. The van der Waals surface area contributed by atoms with Gasteiger partial charge in [-0.2, -0.15) is 5.26 Å². The molecule has 3 nitrogen and oxygen atoms in total. The zero-order chi connectivity index (χ0) is 11.4. The first-order valence-electron chi connectivity index (χ1n) is 4.34. The normalized spacial score (nSPS) is 9.47. The Balaban J connectivity index is 3.07. The summed E-state index contributed by atoms with van der Waals surface area (Å²) in [5, 5.41) is 8.89. The van der Waals surface area contributed by atoms with Crippen LogP contribution in [0.2, 0.25) is 0 Å². The molecule has 0 aromatic heterocycles. The molecule has 0 fully saturated rings. The first-order chi connectivity index (χ1) is 7.08. The summed E-state index contributed by atoms with van der Waals surface area (Å²) < 4.78 is 5.51. The summed E-state index contributed by atoms with van der Waals surface area (Å²) in [7, 11) is 1.35. The van der Waals surface area contributed by atoms with Crippen LogP contribution in [0.15, 0.2) is 12.1 Å². The summed E-state index contributed by atoms with van der Waals surface area (Å²) in [5.41, 5.74) is 2.43. The average Bonchev–Trinajstić information content (AvgIpc) is 2.22. The third kappa shape index (κ3) is 2.93. The molecule has 0 heterocycles. The molecule has 0 unspecified atom stereocenters. The van der Waals surface area contributed by atoms with Gasteiger partial charge in [-0.15, -0.1) is 0 Å². The van der Waals surface area contributed by atoms with E-state index in [1.165, 1.54) is 7.11 Å². The topological polar surface area (TPSA) is 50.1 Å². The molecule has 15 heavy (non-hydrogen) atoms. The van der Waals surface area contributed by atoms with Crippen molar-refractivity contribution in [2.45, 2.75) is 13.3 Å². The zero-order valence-corrected chi connectivity index (χ0v) is 10.7. The van der Waals surface area contributed by atoms with E-state index < -0.39 is 0 Å². The van der Waals surface area contributed by atoms with E-state index in [4.69, 9.17) is 5.26 Å². The number of carbonyl (C=O) groups excluding carboxylic acids is 1. The van der Waals surface area contributed by atoms with E-state index in [-0.39, 0.29) is 12.4 Å². The molecule has 0 radical (unpaired) electrons. The molecule has 0 bridgehead atoms.